The van der Waals surface area contributed by atoms with E-state index in [9.17, 15) is 4.79 Å². The Morgan fingerprint density at radius 3 is 2.93 bits per heavy atom. The van der Waals surface area contributed by atoms with Gasteiger partial charge in [0.05, 0.1) is 24.3 Å². The van der Waals surface area contributed by atoms with Crippen molar-refractivity contribution in [3.8, 4) is 0 Å². The Morgan fingerprint density at radius 1 is 1.31 bits per heavy atom. The van der Waals surface area contributed by atoms with Gasteiger partial charge in [0.1, 0.15) is 5.01 Å². The number of likely N-dealkylation sites (tertiary alicyclic amines) is 2. The van der Waals surface area contributed by atoms with Crippen molar-refractivity contribution in [3.05, 3.63) is 46.2 Å². The zero-order chi connectivity index (χ0) is 20.3. The van der Waals surface area contributed by atoms with Crippen LogP contribution in [0.1, 0.15) is 36.2 Å². The molecule has 0 saturated carbocycles. The average Bonchev–Trinajstić information content (AvgIpc) is 3.27. The highest BCUT2D eigenvalue weighted by Gasteiger charge is 2.54. The van der Waals surface area contributed by atoms with E-state index < -0.39 is 5.41 Å². The van der Waals surface area contributed by atoms with E-state index in [1.807, 2.05) is 31.5 Å². The Morgan fingerprint density at radius 2 is 2.17 bits per heavy atom. The second-order valence-electron chi connectivity index (χ2n) is 8.28. The Kier molecular flexibility index (Phi) is 6.27. The monoisotopic (exact) mass is 414 g/mol. The number of hydrogen-bond acceptors (Lipinski definition) is 7. The van der Waals surface area contributed by atoms with Crippen LogP contribution in [0.2, 0.25) is 0 Å². The van der Waals surface area contributed by atoms with E-state index >= 15 is 0 Å². The average molecular weight is 415 g/mol. The molecule has 156 valence electrons. The normalized spacial score (nSPS) is 25.5. The minimum absolute atomic E-state index is 0.0131. The number of carbonyl (C=O) groups is 1. The maximum atomic E-state index is 13.1. The predicted molar refractivity (Wildman–Crippen MR) is 113 cm³/mol. The molecule has 0 aliphatic carbocycles. The second-order valence-corrected chi connectivity index (χ2v) is 9.26. The molecule has 0 bridgehead atoms. The molecule has 2 aliphatic rings. The highest BCUT2D eigenvalue weighted by molar-refractivity contribution is 7.09. The van der Waals surface area contributed by atoms with Gasteiger partial charge < -0.3 is 4.74 Å². The van der Waals surface area contributed by atoms with Gasteiger partial charge in [-0.25, -0.2) is 4.98 Å². The molecule has 0 amide bonds. The molecule has 2 aromatic rings. The molecule has 2 saturated heterocycles. The molecule has 0 spiro atoms. The molecule has 0 N–H and O–H groups in total. The number of aryl methyl sites for hydroxylation is 1. The zero-order valence-electron chi connectivity index (χ0n) is 17.3. The van der Waals surface area contributed by atoms with Gasteiger partial charge in [-0.3, -0.25) is 19.6 Å². The van der Waals surface area contributed by atoms with Crippen LogP contribution in [0.4, 0.5) is 0 Å². The van der Waals surface area contributed by atoms with Crippen molar-refractivity contribution in [1.29, 1.82) is 0 Å². The molecule has 2 fully saturated rings. The predicted octanol–water partition coefficient (Wildman–Crippen LogP) is 3.12. The van der Waals surface area contributed by atoms with Crippen LogP contribution < -0.4 is 0 Å². The number of pyridine rings is 1. The number of carbonyl (C=O) groups excluding carboxylic acids is 1. The number of rotatable bonds is 6. The van der Waals surface area contributed by atoms with Crippen molar-refractivity contribution < 1.29 is 9.53 Å². The third-order valence-electron chi connectivity index (χ3n) is 6.20. The summed E-state index contributed by atoms with van der Waals surface area (Å²) < 4.78 is 5.59. The largest absolute Gasteiger partial charge is 0.466 e. The highest BCUT2D eigenvalue weighted by atomic mass is 32.1. The molecular formula is C22H30N4O2S. The van der Waals surface area contributed by atoms with Gasteiger partial charge in [0.15, 0.2) is 0 Å². The summed E-state index contributed by atoms with van der Waals surface area (Å²) in [6.45, 7) is 9.60. The molecule has 0 aromatic carbocycles. The van der Waals surface area contributed by atoms with Crippen LogP contribution in [-0.2, 0) is 22.6 Å². The van der Waals surface area contributed by atoms with Crippen LogP contribution in [0.15, 0.2) is 29.8 Å². The number of esters is 1. The van der Waals surface area contributed by atoms with Crippen LogP contribution in [0.3, 0.4) is 0 Å². The van der Waals surface area contributed by atoms with Gasteiger partial charge in [0, 0.05) is 49.4 Å². The molecule has 2 aromatic heterocycles. The van der Waals surface area contributed by atoms with E-state index in [2.05, 4.69) is 31.9 Å². The molecule has 0 radical (unpaired) electrons. The lowest BCUT2D eigenvalue weighted by Gasteiger charge is -2.31. The number of aromatic nitrogens is 2. The van der Waals surface area contributed by atoms with Gasteiger partial charge in [-0.1, -0.05) is 6.07 Å². The van der Waals surface area contributed by atoms with E-state index in [0.29, 0.717) is 6.61 Å². The number of fused-ring (bicyclic) bond motifs is 1. The molecule has 4 rings (SSSR count). The van der Waals surface area contributed by atoms with Crippen molar-refractivity contribution in [2.24, 2.45) is 11.3 Å². The molecule has 0 unspecified atom stereocenters. The quantitative estimate of drug-likeness (QED) is 0.677. The SMILES string of the molecule is CCOC(=O)[C@@]12CCCN(Cc3nccs3)C[C@@H]1CN(Cc1cccc(C)n1)C2. The van der Waals surface area contributed by atoms with Gasteiger partial charge in [-0.2, -0.15) is 0 Å². The van der Waals surface area contributed by atoms with Crippen molar-refractivity contribution in [2.45, 2.75) is 39.8 Å². The summed E-state index contributed by atoms with van der Waals surface area (Å²) in [6, 6.07) is 6.16. The molecule has 4 heterocycles. The summed E-state index contributed by atoms with van der Waals surface area (Å²) >= 11 is 1.70. The maximum absolute atomic E-state index is 13.1. The Labute approximate surface area is 176 Å². The zero-order valence-corrected chi connectivity index (χ0v) is 18.2. The number of nitrogens with zero attached hydrogens (tertiary/aromatic N) is 4. The summed E-state index contributed by atoms with van der Waals surface area (Å²) in [5, 5.41) is 3.18. The first kappa shape index (κ1) is 20.4. The van der Waals surface area contributed by atoms with Crippen molar-refractivity contribution in [3.63, 3.8) is 0 Å². The molecule has 7 heteroatoms. The van der Waals surface area contributed by atoms with Crippen LogP contribution in [-0.4, -0.2) is 58.5 Å². The summed E-state index contributed by atoms with van der Waals surface area (Å²) in [4.78, 5) is 27.1. The lowest BCUT2D eigenvalue weighted by Crippen LogP contribution is -2.42. The molecular weight excluding hydrogens is 384 g/mol. The van der Waals surface area contributed by atoms with Crippen LogP contribution in [0, 0.1) is 18.3 Å². The van der Waals surface area contributed by atoms with E-state index in [4.69, 9.17) is 4.74 Å². The Bertz CT molecular complexity index is 828. The van der Waals surface area contributed by atoms with Crippen LogP contribution in [0.5, 0.6) is 0 Å². The second kappa shape index (κ2) is 8.90. The standard InChI is InChI=1S/C22H30N4O2S/c1-3-28-21(27)22-8-5-10-25(15-20-23-9-11-29-20)12-18(22)13-26(16-22)14-19-7-4-6-17(2)24-19/h4,6-7,9,11,18H,3,5,8,10,12-16H2,1-2H3/t18-,22-/m1/s1. The lowest BCUT2D eigenvalue weighted by molar-refractivity contribution is -0.157. The lowest BCUT2D eigenvalue weighted by atomic mass is 9.75. The van der Waals surface area contributed by atoms with E-state index in [-0.39, 0.29) is 11.9 Å². The molecule has 29 heavy (non-hydrogen) atoms. The van der Waals surface area contributed by atoms with Gasteiger partial charge in [-0.15, -0.1) is 11.3 Å². The van der Waals surface area contributed by atoms with Gasteiger partial charge >= 0.3 is 5.97 Å². The first-order valence-corrected chi connectivity index (χ1v) is 11.4. The fourth-order valence-electron chi connectivity index (χ4n) is 4.93. The maximum Gasteiger partial charge on any atom is 0.313 e. The first-order valence-electron chi connectivity index (χ1n) is 10.5. The van der Waals surface area contributed by atoms with Crippen LogP contribution in [0.25, 0.3) is 0 Å². The summed E-state index contributed by atoms with van der Waals surface area (Å²) in [5.74, 6) is 0.259. The molecule has 2 aliphatic heterocycles. The van der Waals surface area contributed by atoms with Gasteiger partial charge in [0.25, 0.3) is 0 Å². The van der Waals surface area contributed by atoms with E-state index in [1.165, 1.54) is 0 Å². The van der Waals surface area contributed by atoms with Crippen molar-refractivity contribution in [1.82, 2.24) is 19.8 Å². The topological polar surface area (TPSA) is 58.6 Å². The van der Waals surface area contributed by atoms with Crippen molar-refractivity contribution in [2.75, 3.05) is 32.8 Å². The summed E-state index contributed by atoms with van der Waals surface area (Å²) in [7, 11) is 0. The van der Waals surface area contributed by atoms with Gasteiger partial charge in [-0.05, 0) is 45.4 Å². The van der Waals surface area contributed by atoms with E-state index in [1.54, 1.807) is 11.3 Å². The third kappa shape index (κ3) is 4.52. The minimum atomic E-state index is -0.405. The Balaban J connectivity index is 1.53. The molecule has 6 nitrogen and oxygen atoms in total. The number of hydrogen-bond donors (Lipinski definition) is 0. The number of ether oxygens (including phenoxy) is 1. The van der Waals surface area contributed by atoms with Gasteiger partial charge in [0.2, 0.25) is 0 Å². The summed E-state index contributed by atoms with van der Waals surface area (Å²) in [6.07, 6.45) is 3.77. The highest BCUT2D eigenvalue weighted by Crippen LogP contribution is 2.44. The molecule has 2 atom stereocenters. The van der Waals surface area contributed by atoms with Crippen molar-refractivity contribution >= 4 is 17.3 Å². The third-order valence-corrected chi connectivity index (χ3v) is 6.96. The fraction of sp³-hybridized carbons (Fsp3) is 0.591. The summed E-state index contributed by atoms with van der Waals surface area (Å²) in [5.41, 5.74) is 1.70. The Hall–Kier alpha value is -1.83. The fourth-order valence-corrected chi connectivity index (χ4v) is 5.58. The minimum Gasteiger partial charge on any atom is -0.466 e. The smallest absolute Gasteiger partial charge is 0.313 e. The van der Waals surface area contributed by atoms with E-state index in [0.717, 1.165) is 68.5 Å². The number of thiazole rings is 1. The first-order chi connectivity index (χ1) is 14.1. The van der Waals surface area contributed by atoms with Crippen LogP contribution >= 0.6 is 11.3 Å².